The summed E-state index contributed by atoms with van der Waals surface area (Å²) in [6.45, 7) is 8.59. The first-order chi connectivity index (χ1) is 16.7. The lowest BCUT2D eigenvalue weighted by atomic mass is 9.84. The summed E-state index contributed by atoms with van der Waals surface area (Å²) < 4.78 is 13.0. The molecule has 0 aliphatic carbocycles. The summed E-state index contributed by atoms with van der Waals surface area (Å²) >= 11 is 1.03. The second-order valence-electron chi connectivity index (χ2n) is 9.67. The number of hydrogen-bond acceptors (Lipinski definition) is 6. The Bertz CT molecular complexity index is 1240. The Morgan fingerprint density at radius 3 is 2.49 bits per heavy atom. The summed E-state index contributed by atoms with van der Waals surface area (Å²) in [6, 6.07) is 7.77. The van der Waals surface area contributed by atoms with Crippen LogP contribution in [0.4, 0.5) is 0 Å². The predicted octanol–water partition coefficient (Wildman–Crippen LogP) is 6.09. The largest absolute Gasteiger partial charge is 0.507 e. The Morgan fingerprint density at radius 1 is 1.09 bits per heavy atom. The number of fused-ring (bicyclic) bond motifs is 1. The molecule has 0 saturated carbocycles. The van der Waals surface area contributed by atoms with Crippen molar-refractivity contribution in [1.82, 2.24) is 4.98 Å². The van der Waals surface area contributed by atoms with Gasteiger partial charge in [-0.05, 0) is 80.8 Å². The van der Waals surface area contributed by atoms with E-state index in [9.17, 15) is 15.0 Å². The zero-order valence-corrected chi connectivity index (χ0v) is 21.8. The minimum atomic E-state index is -0.412. The standard InChI is InChI=1S/C28H35NO5S/c1-5-6-7-13-28(14-12-22-19(4)24(30)17(2)18(3)25(22)34-28)16-33-21-10-8-20(9-11-21)15-23-26(31)29-27(32)35-23/h8-11,30-31H,5-7,12-16H2,1-4H3,(H,29,32). The number of aromatic nitrogens is 1. The molecule has 1 aromatic heterocycles. The zero-order valence-electron chi connectivity index (χ0n) is 21.0. The molecule has 4 rings (SSSR count). The summed E-state index contributed by atoms with van der Waals surface area (Å²) in [5.41, 5.74) is 4.48. The minimum absolute atomic E-state index is 0.0573. The molecule has 1 aliphatic heterocycles. The van der Waals surface area contributed by atoms with Crippen molar-refractivity contribution in [2.24, 2.45) is 0 Å². The van der Waals surface area contributed by atoms with E-state index in [1.165, 1.54) is 0 Å². The predicted molar refractivity (Wildman–Crippen MR) is 139 cm³/mol. The molecule has 0 spiro atoms. The molecule has 1 atom stereocenters. The maximum Gasteiger partial charge on any atom is 0.307 e. The Morgan fingerprint density at radius 2 is 1.83 bits per heavy atom. The van der Waals surface area contributed by atoms with E-state index >= 15 is 0 Å². The van der Waals surface area contributed by atoms with Crippen molar-refractivity contribution in [3.8, 4) is 23.1 Å². The van der Waals surface area contributed by atoms with E-state index in [0.717, 1.165) is 89.2 Å². The minimum Gasteiger partial charge on any atom is -0.507 e. The van der Waals surface area contributed by atoms with Gasteiger partial charge in [-0.2, -0.15) is 0 Å². The van der Waals surface area contributed by atoms with Crippen LogP contribution in [-0.2, 0) is 12.8 Å². The highest BCUT2D eigenvalue weighted by Gasteiger charge is 2.39. The van der Waals surface area contributed by atoms with Crippen LogP contribution in [0.25, 0.3) is 0 Å². The first-order valence-electron chi connectivity index (χ1n) is 12.4. The molecule has 0 fully saturated rings. The van der Waals surface area contributed by atoms with Crippen molar-refractivity contribution in [1.29, 1.82) is 0 Å². The van der Waals surface area contributed by atoms with Crippen LogP contribution >= 0.6 is 11.3 Å². The van der Waals surface area contributed by atoms with Crippen LogP contribution in [0.3, 0.4) is 0 Å². The topological polar surface area (TPSA) is 91.8 Å². The van der Waals surface area contributed by atoms with Gasteiger partial charge in [-0.3, -0.25) is 9.78 Å². The number of phenols is 1. The van der Waals surface area contributed by atoms with Gasteiger partial charge in [0.1, 0.15) is 29.5 Å². The number of benzene rings is 2. The van der Waals surface area contributed by atoms with Crippen molar-refractivity contribution in [2.75, 3.05) is 6.61 Å². The van der Waals surface area contributed by atoms with Crippen LogP contribution < -0.4 is 14.3 Å². The zero-order chi connectivity index (χ0) is 25.2. The molecule has 3 N–H and O–H groups in total. The second-order valence-corrected chi connectivity index (χ2v) is 10.7. The number of unbranched alkanes of at least 4 members (excludes halogenated alkanes) is 2. The van der Waals surface area contributed by atoms with Gasteiger partial charge in [-0.25, -0.2) is 0 Å². The van der Waals surface area contributed by atoms with Gasteiger partial charge in [0.05, 0.1) is 4.88 Å². The van der Waals surface area contributed by atoms with Crippen LogP contribution in [0.1, 0.15) is 71.7 Å². The van der Waals surface area contributed by atoms with Crippen LogP contribution in [0.15, 0.2) is 29.1 Å². The Labute approximate surface area is 210 Å². The number of hydrogen-bond donors (Lipinski definition) is 3. The summed E-state index contributed by atoms with van der Waals surface area (Å²) in [7, 11) is 0. The van der Waals surface area contributed by atoms with E-state index < -0.39 is 5.60 Å². The lowest BCUT2D eigenvalue weighted by Gasteiger charge is -2.40. The molecular formula is C28H35NO5S. The van der Waals surface area contributed by atoms with Crippen molar-refractivity contribution < 1.29 is 19.7 Å². The molecular weight excluding hydrogens is 462 g/mol. The highest BCUT2D eigenvalue weighted by molar-refractivity contribution is 7.09. The lowest BCUT2D eigenvalue weighted by Crippen LogP contribution is -2.45. The smallest absolute Gasteiger partial charge is 0.307 e. The normalized spacial score (nSPS) is 17.1. The third-order valence-electron chi connectivity index (χ3n) is 7.22. The number of aromatic hydroxyl groups is 2. The van der Waals surface area contributed by atoms with Crippen molar-refractivity contribution >= 4 is 11.3 Å². The highest BCUT2D eigenvalue weighted by Crippen LogP contribution is 2.44. The van der Waals surface area contributed by atoms with E-state index in [4.69, 9.17) is 9.47 Å². The molecule has 0 amide bonds. The van der Waals surface area contributed by atoms with Crippen LogP contribution in [0.5, 0.6) is 23.1 Å². The maximum atomic E-state index is 11.4. The molecule has 0 radical (unpaired) electrons. The number of H-pyrrole nitrogens is 1. The van der Waals surface area contributed by atoms with Crippen molar-refractivity contribution in [3.63, 3.8) is 0 Å². The molecule has 6 nitrogen and oxygen atoms in total. The van der Waals surface area contributed by atoms with Gasteiger partial charge < -0.3 is 19.7 Å². The fourth-order valence-electron chi connectivity index (χ4n) is 4.85. The van der Waals surface area contributed by atoms with E-state index in [0.29, 0.717) is 23.7 Å². The van der Waals surface area contributed by atoms with Gasteiger partial charge >= 0.3 is 4.87 Å². The molecule has 188 valence electrons. The van der Waals surface area contributed by atoms with E-state index in [1.807, 2.05) is 45.0 Å². The molecule has 2 heterocycles. The highest BCUT2D eigenvalue weighted by atomic mass is 32.1. The fraction of sp³-hybridized carbons (Fsp3) is 0.464. The number of rotatable bonds is 9. The van der Waals surface area contributed by atoms with Crippen LogP contribution in [-0.4, -0.2) is 27.4 Å². The summed E-state index contributed by atoms with van der Waals surface area (Å²) in [5, 5.41) is 20.4. The first-order valence-corrected chi connectivity index (χ1v) is 13.2. The third kappa shape index (κ3) is 5.35. The third-order valence-corrected chi connectivity index (χ3v) is 8.09. The number of nitrogens with one attached hydrogen (secondary N) is 1. The van der Waals surface area contributed by atoms with Crippen LogP contribution in [0.2, 0.25) is 0 Å². The van der Waals surface area contributed by atoms with Crippen molar-refractivity contribution in [2.45, 2.75) is 78.2 Å². The fourth-order valence-corrected chi connectivity index (χ4v) is 5.61. The Kier molecular flexibility index (Phi) is 7.45. The monoisotopic (exact) mass is 497 g/mol. The molecule has 2 aromatic carbocycles. The second kappa shape index (κ2) is 10.4. The van der Waals surface area contributed by atoms with E-state index in [2.05, 4.69) is 11.9 Å². The van der Waals surface area contributed by atoms with Crippen molar-refractivity contribution in [3.05, 3.63) is 66.6 Å². The molecule has 35 heavy (non-hydrogen) atoms. The van der Waals surface area contributed by atoms with Crippen LogP contribution in [0, 0.1) is 20.8 Å². The Balaban J connectivity index is 1.51. The molecule has 1 unspecified atom stereocenters. The average Bonchev–Trinajstić information content (AvgIpc) is 3.17. The number of phenolic OH excluding ortho intramolecular Hbond substituents is 1. The SMILES string of the molecule is CCCCCC1(COc2ccc(Cc3sc(=O)[nH]c3O)cc2)CCc2c(C)c(O)c(C)c(C)c2O1. The number of aromatic amines is 1. The molecule has 3 aromatic rings. The Hall–Kier alpha value is -2.93. The maximum absolute atomic E-state index is 11.4. The molecule has 0 saturated heterocycles. The average molecular weight is 498 g/mol. The van der Waals surface area contributed by atoms with Gasteiger partial charge in [0.2, 0.25) is 5.88 Å². The summed E-state index contributed by atoms with van der Waals surface area (Å²) in [4.78, 5) is 14.2. The molecule has 1 aliphatic rings. The number of thiazole rings is 1. The van der Waals surface area contributed by atoms with E-state index in [1.54, 1.807) is 0 Å². The molecule has 0 bridgehead atoms. The summed E-state index contributed by atoms with van der Waals surface area (Å²) in [5.74, 6) is 1.99. The molecule has 7 heteroatoms. The van der Waals surface area contributed by atoms with Gasteiger partial charge in [0, 0.05) is 12.0 Å². The van der Waals surface area contributed by atoms with E-state index in [-0.39, 0.29) is 10.8 Å². The lowest BCUT2D eigenvalue weighted by molar-refractivity contribution is -0.00827. The quantitative estimate of drug-likeness (QED) is 0.311. The summed E-state index contributed by atoms with van der Waals surface area (Å²) in [6.07, 6.45) is 6.47. The van der Waals surface area contributed by atoms with Gasteiger partial charge in [-0.15, -0.1) is 0 Å². The number of ether oxygens (including phenoxy) is 2. The van der Waals surface area contributed by atoms with Gasteiger partial charge in [0.15, 0.2) is 0 Å². The van der Waals surface area contributed by atoms with Gasteiger partial charge in [0.25, 0.3) is 0 Å². The first kappa shape index (κ1) is 25.2. The van der Waals surface area contributed by atoms with Gasteiger partial charge in [-0.1, -0.05) is 43.2 Å².